The van der Waals surface area contributed by atoms with Gasteiger partial charge in [0, 0.05) is 17.7 Å². The number of hydrogen-bond donors (Lipinski definition) is 2. The van der Waals surface area contributed by atoms with Crippen molar-refractivity contribution in [3.8, 4) is 17.2 Å². The van der Waals surface area contributed by atoms with Crippen LogP contribution in [-0.2, 0) is 19.1 Å². The number of amides is 2. The van der Waals surface area contributed by atoms with Crippen molar-refractivity contribution in [1.82, 2.24) is 5.32 Å². The fourth-order valence-corrected chi connectivity index (χ4v) is 3.21. The van der Waals surface area contributed by atoms with Gasteiger partial charge in [-0.05, 0) is 42.7 Å². The van der Waals surface area contributed by atoms with Crippen LogP contribution in [0, 0.1) is 5.92 Å². The SMILES string of the molecule is COC(=O)CC(NC(=O)COc1cccc(NC(=O)C2CC2)c1)c1ccc(OC)c(OC)c1. The number of carbonyl (C=O) groups is 3. The number of methoxy groups -OCH3 is 3. The topological polar surface area (TPSA) is 112 Å². The lowest BCUT2D eigenvalue weighted by molar-refractivity contribution is -0.141. The van der Waals surface area contributed by atoms with Crippen LogP contribution in [0.1, 0.15) is 30.9 Å². The van der Waals surface area contributed by atoms with Crippen molar-refractivity contribution in [3.63, 3.8) is 0 Å². The molecule has 0 aliphatic heterocycles. The first-order valence-electron chi connectivity index (χ1n) is 10.5. The molecule has 1 atom stereocenters. The number of hydrogen-bond acceptors (Lipinski definition) is 7. The van der Waals surface area contributed by atoms with Crippen LogP contribution in [0.25, 0.3) is 0 Å². The fraction of sp³-hybridized carbons (Fsp3) is 0.375. The highest BCUT2D eigenvalue weighted by Gasteiger charge is 2.29. The fourth-order valence-electron chi connectivity index (χ4n) is 3.21. The molecule has 0 saturated heterocycles. The van der Waals surface area contributed by atoms with Gasteiger partial charge in [-0.3, -0.25) is 14.4 Å². The van der Waals surface area contributed by atoms with E-state index in [0.717, 1.165) is 12.8 Å². The third-order valence-electron chi connectivity index (χ3n) is 5.16. The number of nitrogens with one attached hydrogen (secondary N) is 2. The van der Waals surface area contributed by atoms with Gasteiger partial charge in [0.25, 0.3) is 5.91 Å². The molecule has 1 saturated carbocycles. The van der Waals surface area contributed by atoms with Crippen molar-refractivity contribution in [1.29, 1.82) is 0 Å². The Morgan fingerprint density at radius 2 is 1.76 bits per heavy atom. The maximum atomic E-state index is 12.6. The van der Waals surface area contributed by atoms with E-state index in [1.54, 1.807) is 42.5 Å². The lowest BCUT2D eigenvalue weighted by Crippen LogP contribution is -2.34. The summed E-state index contributed by atoms with van der Waals surface area (Å²) in [6.07, 6.45) is 1.75. The quantitative estimate of drug-likeness (QED) is 0.500. The Kier molecular flexibility index (Phi) is 8.12. The number of esters is 1. The molecule has 3 rings (SSSR count). The highest BCUT2D eigenvalue weighted by molar-refractivity contribution is 5.94. The molecule has 1 unspecified atom stereocenters. The number of rotatable bonds is 11. The monoisotopic (exact) mass is 456 g/mol. The largest absolute Gasteiger partial charge is 0.493 e. The molecule has 2 aromatic rings. The highest BCUT2D eigenvalue weighted by Crippen LogP contribution is 2.32. The Morgan fingerprint density at radius 3 is 2.42 bits per heavy atom. The van der Waals surface area contributed by atoms with E-state index in [2.05, 4.69) is 10.6 Å². The Labute approximate surface area is 192 Å². The van der Waals surface area contributed by atoms with E-state index < -0.39 is 17.9 Å². The molecular weight excluding hydrogens is 428 g/mol. The predicted molar refractivity (Wildman–Crippen MR) is 120 cm³/mol. The molecule has 2 N–H and O–H groups in total. The molecule has 1 aliphatic carbocycles. The van der Waals surface area contributed by atoms with Crippen LogP contribution in [0.2, 0.25) is 0 Å². The Morgan fingerprint density at radius 1 is 1.00 bits per heavy atom. The first-order chi connectivity index (χ1) is 15.9. The van der Waals surface area contributed by atoms with Gasteiger partial charge in [-0.25, -0.2) is 0 Å². The number of anilines is 1. The highest BCUT2D eigenvalue weighted by atomic mass is 16.5. The summed E-state index contributed by atoms with van der Waals surface area (Å²) in [6.45, 7) is -0.273. The van der Waals surface area contributed by atoms with Crippen molar-refractivity contribution in [2.45, 2.75) is 25.3 Å². The predicted octanol–water partition coefficient (Wildman–Crippen LogP) is 2.85. The average molecular weight is 456 g/mol. The Balaban J connectivity index is 1.63. The van der Waals surface area contributed by atoms with Gasteiger partial charge >= 0.3 is 5.97 Å². The van der Waals surface area contributed by atoms with Crippen LogP contribution in [-0.4, -0.2) is 45.7 Å². The molecule has 0 radical (unpaired) electrons. The molecule has 2 amide bonds. The molecule has 2 aromatic carbocycles. The molecule has 1 aliphatic rings. The van der Waals surface area contributed by atoms with E-state index in [9.17, 15) is 14.4 Å². The van der Waals surface area contributed by atoms with Gasteiger partial charge in [0.1, 0.15) is 5.75 Å². The van der Waals surface area contributed by atoms with Gasteiger partial charge in [0.15, 0.2) is 18.1 Å². The summed E-state index contributed by atoms with van der Waals surface area (Å²) in [5.74, 6) is 0.617. The molecule has 0 heterocycles. The summed E-state index contributed by atoms with van der Waals surface area (Å²) in [6, 6.07) is 11.3. The van der Waals surface area contributed by atoms with Crippen molar-refractivity contribution in [2.24, 2.45) is 5.92 Å². The molecule has 1 fully saturated rings. The standard InChI is InChI=1S/C24H28N2O7/c1-30-20-10-9-16(11-21(20)31-2)19(13-23(28)32-3)26-22(27)14-33-18-6-4-5-17(12-18)25-24(29)15-7-8-15/h4-6,9-12,15,19H,7-8,13-14H2,1-3H3,(H,25,29)(H,26,27). The van der Waals surface area contributed by atoms with Gasteiger partial charge in [0.2, 0.25) is 5.91 Å². The van der Waals surface area contributed by atoms with Crippen LogP contribution >= 0.6 is 0 Å². The minimum Gasteiger partial charge on any atom is -0.493 e. The summed E-state index contributed by atoms with van der Waals surface area (Å²) in [5.41, 5.74) is 1.26. The zero-order valence-corrected chi connectivity index (χ0v) is 18.9. The third-order valence-corrected chi connectivity index (χ3v) is 5.16. The second kappa shape index (κ2) is 11.2. The summed E-state index contributed by atoms with van der Waals surface area (Å²) in [5, 5.41) is 5.64. The summed E-state index contributed by atoms with van der Waals surface area (Å²) >= 11 is 0. The lowest BCUT2D eigenvalue weighted by atomic mass is 10.0. The number of carbonyl (C=O) groups excluding carboxylic acids is 3. The van der Waals surface area contributed by atoms with Gasteiger partial charge in [-0.15, -0.1) is 0 Å². The van der Waals surface area contributed by atoms with Gasteiger partial charge in [-0.2, -0.15) is 0 Å². The molecule has 0 aromatic heterocycles. The molecule has 0 spiro atoms. The first kappa shape index (κ1) is 23.9. The van der Waals surface area contributed by atoms with Crippen LogP contribution < -0.4 is 24.8 Å². The minimum atomic E-state index is -0.655. The molecular formula is C24H28N2O7. The Hall–Kier alpha value is -3.75. The third kappa shape index (κ3) is 6.86. The zero-order valence-electron chi connectivity index (χ0n) is 18.9. The molecule has 0 bridgehead atoms. The molecule has 176 valence electrons. The van der Waals surface area contributed by atoms with Crippen LogP contribution in [0.4, 0.5) is 5.69 Å². The molecule has 9 heteroatoms. The van der Waals surface area contributed by atoms with Crippen molar-refractivity contribution < 1.29 is 33.3 Å². The van der Waals surface area contributed by atoms with E-state index in [-0.39, 0.29) is 24.9 Å². The van der Waals surface area contributed by atoms with E-state index in [1.807, 2.05) is 0 Å². The van der Waals surface area contributed by atoms with Gasteiger partial charge in [0.05, 0.1) is 33.8 Å². The van der Waals surface area contributed by atoms with Crippen molar-refractivity contribution in [2.75, 3.05) is 33.3 Å². The molecule has 33 heavy (non-hydrogen) atoms. The average Bonchev–Trinajstić information content (AvgIpc) is 3.67. The Bertz CT molecular complexity index is 1000. The second-order valence-electron chi connectivity index (χ2n) is 7.59. The summed E-state index contributed by atoms with van der Waals surface area (Å²) in [4.78, 5) is 36.4. The summed E-state index contributed by atoms with van der Waals surface area (Å²) in [7, 11) is 4.31. The van der Waals surface area contributed by atoms with Crippen LogP contribution in [0.5, 0.6) is 17.2 Å². The van der Waals surface area contributed by atoms with Crippen molar-refractivity contribution >= 4 is 23.5 Å². The normalized spacial score (nSPS) is 13.4. The van der Waals surface area contributed by atoms with Gasteiger partial charge in [-0.1, -0.05) is 12.1 Å². The minimum absolute atomic E-state index is 0.00883. The number of ether oxygens (including phenoxy) is 4. The zero-order chi connectivity index (χ0) is 23.8. The van der Waals surface area contributed by atoms with E-state index in [0.29, 0.717) is 28.5 Å². The maximum Gasteiger partial charge on any atom is 0.307 e. The number of benzene rings is 2. The van der Waals surface area contributed by atoms with Gasteiger partial charge < -0.3 is 29.6 Å². The second-order valence-corrected chi connectivity index (χ2v) is 7.59. The van der Waals surface area contributed by atoms with Crippen LogP contribution in [0.15, 0.2) is 42.5 Å². The lowest BCUT2D eigenvalue weighted by Gasteiger charge is -2.20. The summed E-state index contributed by atoms with van der Waals surface area (Å²) < 4.78 is 20.9. The van der Waals surface area contributed by atoms with Crippen molar-refractivity contribution in [3.05, 3.63) is 48.0 Å². The van der Waals surface area contributed by atoms with Crippen LogP contribution in [0.3, 0.4) is 0 Å². The first-order valence-corrected chi connectivity index (χ1v) is 10.5. The van der Waals surface area contributed by atoms with E-state index in [4.69, 9.17) is 18.9 Å². The molecule has 9 nitrogen and oxygen atoms in total. The smallest absolute Gasteiger partial charge is 0.307 e. The van der Waals surface area contributed by atoms with E-state index in [1.165, 1.54) is 21.3 Å². The van der Waals surface area contributed by atoms with E-state index >= 15 is 0 Å². The maximum absolute atomic E-state index is 12.6.